The first kappa shape index (κ1) is 48.5. The molecule has 6 rings (SSSR count). The molecule has 6 heterocycles. The zero-order valence-corrected chi connectivity index (χ0v) is 33.5. The molecule has 0 fully saturated rings. The molecule has 0 aromatic carbocycles. The zero-order chi connectivity index (χ0) is 40.5. The number of ether oxygens (including phenoxy) is 4. The van der Waals surface area contributed by atoms with Gasteiger partial charge in [-0.1, -0.05) is 12.1 Å². The van der Waals surface area contributed by atoms with Crippen LogP contribution in [0.2, 0.25) is 0 Å². The summed E-state index contributed by atoms with van der Waals surface area (Å²) in [4.78, 5) is 27.3. The summed E-state index contributed by atoms with van der Waals surface area (Å²) < 4.78 is 90.4. The van der Waals surface area contributed by atoms with Gasteiger partial charge in [-0.25, -0.2) is 67.2 Å². The van der Waals surface area contributed by atoms with E-state index in [4.69, 9.17) is 61.5 Å². The van der Waals surface area contributed by atoms with Crippen molar-refractivity contribution in [1.29, 1.82) is 5.26 Å². The van der Waals surface area contributed by atoms with E-state index in [1.54, 1.807) is 6.07 Å². The Morgan fingerprint density at radius 2 is 0.667 bits per heavy atom. The van der Waals surface area contributed by atoms with Crippen molar-refractivity contribution in [1.82, 2.24) is 9.97 Å². The van der Waals surface area contributed by atoms with Crippen LogP contribution in [0, 0.1) is 31.8 Å². The fourth-order valence-electron chi connectivity index (χ4n) is 4.21. The van der Waals surface area contributed by atoms with E-state index >= 15 is 0 Å². The van der Waals surface area contributed by atoms with E-state index in [1.807, 2.05) is 91.8 Å². The largest absolute Gasteiger partial charge is 2.00 e. The first-order valence-electron chi connectivity index (χ1n) is 15.5. The maximum atomic E-state index is 8.49. The summed E-state index contributed by atoms with van der Waals surface area (Å²) in [5.74, 6) is 2.37. The van der Waals surface area contributed by atoms with Crippen LogP contribution < -0.4 is 37.3 Å². The van der Waals surface area contributed by atoms with E-state index < -0.39 is 20.5 Å². The van der Waals surface area contributed by atoms with Crippen LogP contribution in [0.25, 0.3) is 0 Å². The number of nitrogens with zero attached hydrogens (tertiary/aromatic N) is 7. The van der Waals surface area contributed by atoms with Crippen molar-refractivity contribution < 1.29 is 93.8 Å². The van der Waals surface area contributed by atoms with Crippen molar-refractivity contribution in [3.63, 3.8) is 0 Å². The molecule has 22 heteroatoms. The van der Waals surface area contributed by atoms with Crippen molar-refractivity contribution in [2.24, 2.45) is 20.0 Å². The molecule has 19 nitrogen and oxygen atoms in total. The van der Waals surface area contributed by atoms with Crippen LogP contribution in [0.1, 0.15) is 85.1 Å². The molecule has 2 aromatic heterocycles. The van der Waals surface area contributed by atoms with Gasteiger partial charge in [0.15, 0.2) is 0 Å². The normalized spacial score (nSPS) is 19.3. The van der Waals surface area contributed by atoms with Crippen molar-refractivity contribution in [3.05, 3.63) is 59.2 Å². The molecular weight excluding hydrogens is 801 g/mol. The number of pyridine rings is 2. The van der Waals surface area contributed by atoms with Gasteiger partial charge in [-0.3, -0.25) is 0 Å². The van der Waals surface area contributed by atoms with Crippen molar-refractivity contribution >= 4 is 23.6 Å². The summed E-state index contributed by atoms with van der Waals surface area (Å²) >= 11 is 0. The van der Waals surface area contributed by atoms with Gasteiger partial charge in [0.05, 0.1) is 28.2 Å². The third kappa shape index (κ3) is 18.7. The van der Waals surface area contributed by atoms with Crippen LogP contribution in [-0.4, -0.2) is 82.1 Å². The number of aliphatic imine (C=N–C) groups is 4. The molecule has 0 radical (unpaired) electrons. The zero-order valence-electron chi connectivity index (χ0n) is 30.9. The third-order valence-corrected chi connectivity index (χ3v) is 6.24. The van der Waals surface area contributed by atoms with Crippen LogP contribution in [0.15, 0.2) is 56.4 Å². The maximum Gasteiger partial charge on any atom is 2.00 e. The molecule has 4 aliphatic heterocycles. The molecule has 4 aliphatic rings. The van der Waals surface area contributed by atoms with E-state index in [0.29, 0.717) is 50.0 Å². The number of aromatic nitrogens is 2. The Balaban J connectivity index is 0.000000404. The second kappa shape index (κ2) is 19.4. The SMILES string of the molecule is CC#N.CC1(C)COC(c2cccc(C3=NC(C)(C)CO3)n2)=N1.CC1(C)COC(c2cccc(C3=NC(C)(C)CO3)n2)=N1.[Fe+2].[O-][Cl+3]([O-])([O-])[O-].[O-][Cl+3]([O-])([O-])[O-]. The molecule has 0 spiro atoms. The Hall–Kier alpha value is -3.55. The molecule has 0 saturated carbocycles. The molecule has 0 atom stereocenters. The molecule has 54 heavy (non-hydrogen) atoms. The van der Waals surface area contributed by atoms with Gasteiger partial charge in [-0.2, -0.15) is 5.26 Å². The van der Waals surface area contributed by atoms with Crippen molar-refractivity contribution in [2.45, 2.75) is 84.5 Å². The van der Waals surface area contributed by atoms with Crippen LogP contribution in [0.5, 0.6) is 0 Å². The van der Waals surface area contributed by atoms with E-state index in [9.17, 15) is 0 Å². The summed E-state index contributed by atoms with van der Waals surface area (Å²) in [6, 6.07) is 13.2. The van der Waals surface area contributed by atoms with Gasteiger partial charge in [0, 0.05) is 6.92 Å². The molecule has 0 bridgehead atoms. The van der Waals surface area contributed by atoms with Gasteiger partial charge >= 0.3 is 17.1 Å². The number of nitriles is 1. The Kier molecular flexibility index (Phi) is 17.4. The number of hydrogen-bond acceptors (Lipinski definition) is 19. The Morgan fingerprint density at radius 1 is 0.500 bits per heavy atom. The average Bonchev–Trinajstić information content (AvgIpc) is 3.77. The predicted octanol–water partition coefficient (Wildman–Crippen LogP) is -4.60. The second-order valence-electron chi connectivity index (χ2n) is 13.9. The van der Waals surface area contributed by atoms with E-state index in [-0.39, 0.29) is 39.2 Å². The summed E-state index contributed by atoms with van der Waals surface area (Å²) in [6.45, 7) is 20.1. The van der Waals surface area contributed by atoms with Gasteiger partial charge in [-0.15, -0.1) is 20.5 Å². The van der Waals surface area contributed by atoms with Gasteiger partial charge in [0.2, 0.25) is 23.6 Å². The minimum Gasteiger partial charge on any atom is -0.474 e. The summed E-state index contributed by atoms with van der Waals surface area (Å²) in [5, 5.41) is 7.32. The molecular formula is C32H41Cl2FeN7O12. The van der Waals surface area contributed by atoms with Crippen LogP contribution >= 0.6 is 0 Å². The first-order valence-corrected chi connectivity index (χ1v) is 18.0. The van der Waals surface area contributed by atoms with Gasteiger partial charge < -0.3 is 18.9 Å². The quantitative estimate of drug-likeness (QED) is 0.262. The Morgan fingerprint density at radius 3 is 0.796 bits per heavy atom. The molecule has 0 amide bonds. The predicted molar refractivity (Wildman–Crippen MR) is 166 cm³/mol. The van der Waals surface area contributed by atoms with E-state index in [2.05, 4.69) is 29.9 Å². The molecule has 2 aromatic rings. The van der Waals surface area contributed by atoms with Crippen molar-refractivity contribution in [2.75, 3.05) is 26.4 Å². The number of halogens is 2. The fraction of sp³-hybridized carbons (Fsp3) is 0.531. The van der Waals surface area contributed by atoms with Crippen molar-refractivity contribution in [3.8, 4) is 6.07 Å². The average molecular weight is 842 g/mol. The van der Waals surface area contributed by atoms with Crippen LogP contribution in [0.4, 0.5) is 0 Å². The number of rotatable bonds is 4. The smallest absolute Gasteiger partial charge is 0.474 e. The minimum absolute atomic E-state index is 0. The molecule has 0 unspecified atom stereocenters. The van der Waals surface area contributed by atoms with Gasteiger partial charge in [0.25, 0.3) is 0 Å². The third-order valence-electron chi connectivity index (χ3n) is 6.24. The van der Waals surface area contributed by atoms with E-state index in [1.165, 1.54) is 6.92 Å². The molecule has 0 N–H and O–H groups in total. The molecule has 0 aliphatic carbocycles. The topological polar surface area (TPSA) is 320 Å². The molecule has 0 saturated heterocycles. The van der Waals surface area contributed by atoms with Crippen LogP contribution in [-0.2, 0) is 36.0 Å². The van der Waals surface area contributed by atoms with Crippen LogP contribution in [0.3, 0.4) is 0 Å². The second-order valence-corrected chi connectivity index (χ2v) is 15.4. The maximum absolute atomic E-state index is 8.49. The van der Waals surface area contributed by atoms with Gasteiger partial charge in [-0.05, 0) is 79.7 Å². The Labute approximate surface area is 327 Å². The summed E-state index contributed by atoms with van der Waals surface area (Å²) in [5.41, 5.74) is 2.17. The standard InChI is InChI=1S/2C15H19N3O2.C2H3N.2ClHO4.Fe/c2*1-14(2)8-19-12(17-14)10-6-5-7-11(16-10)13-18-15(3,4)9-20-13;1-2-3;2*2-1(3,4)5;/h2*5-7H,8-9H2,1-4H3;1H3;2*(H,2,3,4,5);/q;;;;;+2/p-2. The molecule has 298 valence electrons. The minimum atomic E-state index is -4.94. The Bertz CT molecular complexity index is 1510. The van der Waals surface area contributed by atoms with Gasteiger partial charge in [0.1, 0.15) is 49.2 Å². The fourth-order valence-corrected chi connectivity index (χ4v) is 4.21. The first-order chi connectivity index (χ1) is 24.1. The van der Waals surface area contributed by atoms with E-state index in [0.717, 1.165) is 22.8 Å². The monoisotopic (exact) mass is 841 g/mol. The summed E-state index contributed by atoms with van der Waals surface area (Å²) in [7, 11) is -9.89. The number of hydrogen-bond donors (Lipinski definition) is 0. The summed E-state index contributed by atoms with van der Waals surface area (Å²) in [6.07, 6.45) is 0.